The number of benzene rings is 2. The molecule has 1 N–H and O–H groups in total. The van der Waals surface area contributed by atoms with Gasteiger partial charge >= 0.3 is 0 Å². The van der Waals surface area contributed by atoms with Crippen LogP contribution in [0.2, 0.25) is 15.1 Å². The average Bonchev–Trinajstić information content (AvgIpc) is 2.37. The van der Waals surface area contributed by atoms with E-state index in [9.17, 15) is 5.11 Å². The summed E-state index contributed by atoms with van der Waals surface area (Å²) in [6, 6.07) is 10.5. The highest BCUT2D eigenvalue weighted by molar-refractivity contribution is 6.36. The highest BCUT2D eigenvalue weighted by Crippen LogP contribution is 2.30. The van der Waals surface area contributed by atoms with Gasteiger partial charge in [-0.2, -0.15) is 0 Å². The summed E-state index contributed by atoms with van der Waals surface area (Å²) in [6.07, 6.45) is 1.52. The van der Waals surface area contributed by atoms with Gasteiger partial charge in [-0.25, -0.2) is 0 Å². The second kappa shape index (κ2) is 6.29. The molecule has 0 aliphatic carbocycles. The Labute approximate surface area is 126 Å². The van der Waals surface area contributed by atoms with E-state index in [-0.39, 0.29) is 10.8 Å². The summed E-state index contributed by atoms with van der Waals surface area (Å²) in [5.74, 6) is -0.0334. The van der Waals surface area contributed by atoms with E-state index in [0.29, 0.717) is 22.2 Å². The summed E-state index contributed by atoms with van der Waals surface area (Å²) < 4.78 is 0. The Morgan fingerprint density at radius 3 is 2.53 bits per heavy atom. The van der Waals surface area contributed by atoms with Gasteiger partial charge in [0, 0.05) is 21.8 Å². The zero-order chi connectivity index (χ0) is 13.8. The molecule has 2 nitrogen and oxygen atoms in total. The molecule has 0 unspecified atom stereocenters. The molecular weight excluding hydrogens is 305 g/mol. The van der Waals surface area contributed by atoms with E-state index in [1.165, 1.54) is 12.3 Å². The minimum atomic E-state index is -0.0334. The molecule has 0 amide bonds. The topological polar surface area (TPSA) is 32.6 Å². The van der Waals surface area contributed by atoms with Gasteiger partial charge in [-0.05, 0) is 23.8 Å². The van der Waals surface area contributed by atoms with Crippen LogP contribution in [-0.4, -0.2) is 11.3 Å². The second-order valence-electron chi connectivity index (χ2n) is 3.89. The fourth-order valence-corrected chi connectivity index (χ4v) is 2.26. The van der Waals surface area contributed by atoms with E-state index in [0.717, 1.165) is 5.56 Å². The SMILES string of the molecule is Oc1c(Cl)cc(Cl)cc1C=NCc1ccccc1Cl. The summed E-state index contributed by atoms with van der Waals surface area (Å²) in [6.45, 7) is 0.420. The molecule has 0 saturated heterocycles. The molecule has 0 heterocycles. The van der Waals surface area contributed by atoms with Crippen LogP contribution in [0.25, 0.3) is 0 Å². The molecule has 0 aliphatic rings. The molecule has 98 valence electrons. The highest BCUT2D eigenvalue weighted by atomic mass is 35.5. The zero-order valence-corrected chi connectivity index (χ0v) is 12.0. The maximum atomic E-state index is 9.77. The Bertz CT molecular complexity index is 626. The lowest BCUT2D eigenvalue weighted by molar-refractivity contribution is 0.474. The van der Waals surface area contributed by atoms with E-state index < -0.39 is 0 Å². The van der Waals surface area contributed by atoms with Crippen molar-refractivity contribution in [1.82, 2.24) is 0 Å². The van der Waals surface area contributed by atoms with Gasteiger partial charge < -0.3 is 5.11 Å². The number of aromatic hydroxyl groups is 1. The zero-order valence-electron chi connectivity index (χ0n) is 9.78. The number of hydrogen-bond donors (Lipinski definition) is 1. The summed E-state index contributed by atoms with van der Waals surface area (Å²) in [4.78, 5) is 4.23. The number of phenols is 1. The fourth-order valence-electron chi connectivity index (χ4n) is 1.55. The Balaban J connectivity index is 2.18. The molecule has 0 spiro atoms. The number of aliphatic imine (C=N–C) groups is 1. The van der Waals surface area contributed by atoms with Crippen LogP contribution in [-0.2, 0) is 6.54 Å². The number of phenolic OH excluding ortho intramolecular Hbond substituents is 1. The van der Waals surface area contributed by atoms with Crippen LogP contribution in [0.5, 0.6) is 5.75 Å². The number of nitrogens with zero attached hydrogens (tertiary/aromatic N) is 1. The average molecular weight is 315 g/mol. The summed E-state index contributed by atoms with van der Waals surface area (Å²) in [5.41, 5.74) is 1.39. The lowest BCUT2D eigenvalue weighted by Gasteiger charge is -2.03. The normalized spacial score (nSPS) is 11.1. The highest BCUT2D eigenvalue weighted by Gasteiger charge is 2.05. The standard InChI is InChI=1S/C14H10Cl3NO/c15-11-5-10(14(19)13(17)6-11)8-18-7-9-3-1-2-4-12(9)16/h1-6,8,19H,7H2. The molecule has 0 fully saturated rings. The van der Waals surface area contributed by atoms with Crippen molar-refractivity contribution in [2.75, 3.05) is 0 Å². The van der Waals surface area contributed by atoms with Gasteiger partial charge in [0.2, 0.25) is 0 Å². The molecule has 0 aromatic heterocycles. The first-order chi connectivity index (χ1) is 9.08. The van der Waals surface area contributed by atoms with Crippen molar-refractivity contribution in [2.45, 2.75) is 6.54 Å². The third kappa shape index (κ3) is 3.63. The third-order valence-electron chi connectivity index (χ3n) is 2.51. The first-order valence-corrected chi connectivity index (χ1v) is 6.62. The second-order valence-corrected chi connectivity index (χ2v) is 5.14. The number of rotatable bonds is 3. The smallest absolute Gasteiger partial charge is 0.143 e. The van der Waals surface area contributed by atoms with Gasteiger partial charge in [-0.15, -0.1) is 0 Å². The van der Waals surface area contributed by atoms with Crippen molar-refractivity contribution >= 4 is 41.0 Å². The molecule has 0 radical (unpaired) electrons. The molecule has 2 rings (SSSR count). The van der Waals surface area contributed by atoms with Crippen LogP contribution in [0.4, 0.5) is 0 Å². The first-order valence-electron chi connectivity index (χ1n) is 5.49. The van der Waals surface area contributed by atoms with E-state index in [2.05, 4.69) is 4.99 Å². The lowest BCUT2D eigenvalue weighted by atomic mass is 10.2. The molecular formula is C14H10Cl3NO. The van der Waals surface area contributed by atoms with Crippen LogP contribution in [0.15, 0.2) is 41.4 Å². The summed E-state index contributed by atoms with van der Waals surface area (Å²) >= 11 is 17.7. The van der Waals surface area contributed by atoms with Gasteiger partial charge in [-0.1, -0.05) is 53.0 Å². The van der Waals surface area contributed by atoms with Gasteiger partial charge in [-0.3, -0.25) is 4.99 Å². The number of hydrogen-bond acceptors (Lipinski definition) is 2. The monoisotopic (exact) mass is 313 g/mol. The van der Waals surface area contributed by atoms with Crippen molar-refractivity contribution in [3.63, 3.8) is 0 Å². The lowest BCUT2D eigenvalue weighted by Crippen LogP contribution is -1.87. The van der Waals surface area contributed by atoms with Gasteiger partial charge in [0.1, 0.15) is 5.75 Å². The van der Waals surface area contributed by atoms with Crippen LogP contribution >= 0.6 is 34.8 Å². The van der Waals surface area contributed by atoms with E-state index >= 15 is 0 Å². The predicted octanol–water partition coefficient (Wildman–Crippen LogP) is 4.97. The summed E-state index contributed by atoms with van der Waals surface area (Å²) in [7, 11) is 0. The van der Waals surface area contributed by atoms with Crippen molar-refractivity contribution in [3.05, 3.63) is 62.6 Å². The minimum absolute atomic E-state index is 0.0334. The van der Waals surface area contributed by atoms with Crippen molar-refractivity contribution < 1.29 is 5.11 Å². The predicted molar refractivity (Wildman–Crippen MR) is 80.9 cm³/mol. The Kier molecular flexibility index (Phi) is 4.70. The van der Waals surface area contributed by atoms with Gasteiger partial charge in [0.05, 0.1) is 11.6 Å². The quantitative estimate of drug-likeness (QED) is 0.797. The maximum absolute atomic E-state index is 9.77. The van der Waals surface area contributed by atoms with Gasteiger partial charge in [0.25, 0.3) is 0 Å². The molecule has 19 heavy (non-hydrogen) atoms. The Morgan fingerprint density at radius 1 is 1.05 bits per heavy atom. The molecule has 0 atom stereocenters. The van der Waals surface area contributed by atoms with E-state index in [1.807, 2.05) is 18.2 Å². The van der Waals surface area contributed by atoms with Crippen LogP contribution in [0, 0.1) is 0 Å². The van der Waals surface area contributed by atoms with E-state index in [1.54, 1.807) is 12.1 Å². The van der Waals surface area contributed by atoms with Crippen molar-refractivity contribution in [3.8, 4) is 5.75 Å². The van der Waals surface area contributed by atoms with Crippen LogP contribution in [0.1, 0.15) is 11.1 Å². The molecule has 0 aliphatic heterocycles. The van der Waals surface area contributed by atoms with Crippen molar-refractivity contribution in [2.24, 2.45) is 4.99 Å². The molecule has 5 heteroatoms. The summed E-state index contributed by atoms with van der Waals surface area (Å²) in [5, 5.41) is 11.1. The molecule has 0 bridgehead atoms. The van der Waals surface area contributed by atoms with E-state index in [4.69, 9.17) is 34.8 Å². The fraction of sp³-hybridized carbons (Fsp3) is 0.0714. The first kappa shape index (κ1) is 14.2. The Hall–Kier alpha value is -1.22. The third-order valence-corrected chi connectivity index (χ3v) is 3.38. The van der Waals surface area contributed by atoms with Crippen LogP contribution < -0.4 is 0 Å². The molecule has 0 saturated carbocycles. The Morgan fingerprint density at radius 2 is 1.79 bits per heavy atom. The molecule has 2 aromatic carbocycles. The minimum Gasteiger partial charge on any atom is -0.506 e. The molecule has 2 aromatic rings. The van der Waals surface area contributed by atoms with Gasteiger partial charge in [0.15, 0.2) is 0 Å². The maximum Gasteiger partial charge on any atom is 0.143 e. The van der Waals surface area contributed by atoms with Crippen LogP contribution in [0.3, 0.4) is 0 Å². The number of halogens is 3. The largest absolute Gasteiger partial charge is 0.506 e. The van der Waals surface area contributed by atoms with Crippen molar-refractivity contribution in [1.29, 1.82) is 0 Å².